The van der Waals surface area contributed by atoms with Gasteiger partial charge in [0.05, 0.1) is 11.6 Å². The van der Waals surface area contributed by atoms with Crippen molar-refractivity contribution in [2.45, 2.75) is 59.4 Å². The van der Waals surface area contributed by atoms with Crippen molar-refractivity contribution in [3.63, 3.8) is 0 Å². The average Bonchev–Trinajstić information content (AvgIpc) is 3.26. The average molecular weight is 457 g/mol. The molecule has 1 aliphatic rings. The SMILES string of the molecule is CC.CCC/C=C(/C=C(N)\C=C(/C)C(=O)NC1Cc2ccccc2C1)Nc1cccc(C#N)c1. The molecule has 0 aliphatic heterocycles. The normalized spacial score (nSPS) is 13.9. The molecule has 0 saturated heterocycles. The highest BCUT2D eigenvalue weighted by molar-refractivity contribution is 5.93. The first-order chi connectivity index (χ1) is 16.5. The molecule has 0 spiro atoms. The second kappa shape index (κ2) is 13.7. The molecule has 178 valence electrons. The van der Waals surface area contributed by atoms with Crippen LogP contribution in [0.3, 0.4) is 0 Å². The lowest BCUT2D eigenvalue weighted by atomic mass is 10.1. The van der Waals surface area contributed by atoms with E-state index in [2.05, 4.69) is 41.8 Å². The monoisotopic (exact) mass is 456 g/mol. The van der Waals surface area contributed by atoms with E-state index in [0.29, 0.717) is 16.8 Å². The molecule has 1 amide bonds. The molecule has 5 heteroatoms. The van der Waals surface area contributed by atoms with Crippen LogP contribution in [0.15, 0.2) is 83.7 Å². The Morgan fingerprint density at radius 1 is 1.12 bits per heavy atom. The van der Waals surface area contributed by atoms with E-state index in [1.807, 2.05) is 44.2 Å². The standard InChI is InChI=1S/C27H30N4O.C2H6/c1-3-4-11-25(30-24-12-7-8-20(14-24)18-28)17-23(29)13-19(2)27(32)31-26-15-21-9-5-6-10-22(21)16-26;1-2/h5-14,17,26,30H,3-4,15-16,29H2,1-2H3,(H,31,32);1-2H3/b19-13+,23-17+,25-11-;. The Bertz CT molecular complexity index is 1080. The highest BCUT2D eigenvalue weighted by Gasteiger charge is 2.22. The summed E-state index contributed by atoms with van der Waals surface area (Å²) in [6, 6.07) is 17.9. The molecule has 34 heavy (non-hydrogen) atoms. The number of rotatable bonds is 8. The van der Waals surface area contributed by atoms with Crippen molar-refractivity contribution in [2.24, 2.45) is 5.73 Å². The second-order valence-electron chi connectivity index (χ2n) is 8.08. The van der Waals surface area contributed by atoms with E-state index in [9.17, 15) is 4.79 Å². The summed E-state index contributed by atoms with van der Waals surface area (Å²) in [5, 5.41) is 15.6. The Morgan fingerprint density at radius 2 is 1.79 bits per heavy atom. The van der Waals surface area contributed by atoms with Crippen molar-refractivity contribution in [2.75, 3.05) is 5.32 Å². The quantitative estimate of drug-likeness (QED) is 0.348. The number of allylic oxidation sites excluding steroid dienone is 3. The van der Waals surface area contributed by atoms with Crippen molar-refractivity contribution < 1.29 is 4.79 Å². The van der Waals surface area contributed by atoms with Gasteiger partial charge < -0.3 is 16.4 Å². The molecule has 0 fully saturated rings. The van der Waals surface area contributed by atoms with E-state index in [4.69, 9.17) is 11.0 Å². The zero-order valence-corrected chi connectivity index (χ0v) is 20.7. The number of nitrogens with zero attached hydrogens (tertiary/aromatic N) is 1. The molecule has 5 nitrogen and oxygen atoms in total. The Balaban J connectivity index is 0.00000199. The van der Waals surface area contributed by atoms with E-state index >= 15 is 0 Å². The first kappa shape index (κ1) is 26.5. The summed E-state index contributed by atoms with van der Waals surface area (Å²) < 4.78 is 0. The summed E-state index contributed by atoms with van der Waals surface area (Å²) in [7, 11) is 0. The van der Waals surface area contributed by atoms with E-state index < -0.39 is 0 Å². The number of nitrogens with two attached hydrogens (primary N) is 1. The lowest BCUT2D eigenvalue weighted by Crippen LogP contribution is -2.35. The molecule has 0 radical (unpaired) electrons. The van der Waals surface area contributed by atoms with Gasteiger partial charge in [0.25, 0.3) is 0 Å². The maximum atomic E-state index is 12.7. The number of nitrogens with one attached hydrogen (secondary N) is 2. The predicted molar refractivity (Wildman–Crippen MR) is 141 cm³/mol. The number of fused-ring (bicyclic) bond motifs is 1. The fourth-order valence-corrected chi connectivity index (χ4v) is 3.78. The number of carbonyl (C=O) groups excluding carboxylic acids is 1. The molecule has 0 bridgehead atoms. The van der Waals surface area contributed by atoms with Crippen molar-refractivity contribution in [1.82, 2.24) is 5.32 Å². The summed E-state index contributed by atoms with van der Waals surface area (Å²) in [5.74, 6) is -0.104. The number of anilines is 1. The van der Waals surface area contributed by atoms with Gasteiger partial charge in [-0.15, -0.1) is 0 Å². The van der Waals surface area contributed by atoms with E-state index in [0.717, 1.165) is 37.1 Å². The molecule has 0 unspecified atom stereocenters. The van der Waals surface area contributed by atoms with Crippen molar-refractivity contribution >= 4 is 11.6 Å². The first-order valence-electron chi connectivity index (χ1n) is 12.0. The molecular formula is C29H36N4O. The fraction of sp³-hybridized carbons (Fsp3) is 0.310. The number of unbranched alkanes of at least 4 members (excludes halogenated alkanes) is 1. The van der Waals surface area contributed by atoms with E-state index in [1.54, 1.807) is 25.1 Å². The third-order valence-corrected chi connectivity index (χ3v) is 5.38. The highest BCUT2D eigenvalue weighted by Crippen LogP contribution is 2.22. The lowest BCUT2D eigenvalue weighted by molar-refractivity contribution is -0.118. The fourth-order valence-electron chi connectivity index (χ4n) is 3.78. The van der Waals surface area contributed by atoms with Gasteiger partial charge >= 0.3 is 0 Å². The highest BCUT2D eigenvalue weighted by atomic mass is 16.1. The Kier molecular flexibility index (Phi) is 10.7. The zero-order valence-electron chi connectivity index (χ0n) is 20.7. The van der Waals surface area contributed by atoms with Gasteiger partial charge in [-0.05, 0) is 67.7 Å². The van der Waals surface area contributed by atoms with Gasteiger partial charge in [0.15, 0.2) is 0 Å². The van der Waals surface area contributed by atoms with Gasteiger partial charge in [0.1, 0.15) is 0 Å². The molecule has 2 aromatic rings. The van der Waals surface area contributed by atoms with Crippen LogP contribution in [0.25, 0.3) is 0 Å². The summed E-state index contributed by atoms with van der Waals surface area (Å²) in [5.41, 5.74) is 12.1. The summed E-state index contributed by atoms with van der Waals surface area (Å²) in [4.78, 5) is 12.7. The van der Waals surface area contributed by atoms with Gasteiger partial charge in [0, 0.05) is 28.7 Å². The second-order valence-corrected chi connectivity index (χ2v) is 8.08. The van der Waals surface area contributed by atoms with Gasteiger partial charge in [-0.1, -0.05) is 63.6 Å². The molecule has 2 aromatic carbocycles. The number of amides is 1. The molecular weight excluding hydrogens is 420 g/mol. The predicted octanol–water partition coefficient (Wildman–Crippen LogP) is 5.75. The number of benzene rings is 2. The molecule has 0 heterocycles. The molecule has 1 aliphatic carbocycles. The molecule has 4 N–H and O–H groups in total. The Morgan fingerprint density at radius 3 is 2.41 bits per heavy atom. The van der Waals surface area contributed by atoms with Gasteiger partial charge in [0.2, 0.25) is 5.91 Å². The van der Waals surface area contributed by atoms with Crippen LogP contribution < -0.4 is 16.4 Å². The number of hydrogen-bond donors (Lipinski definition) is 3. The van der Waals surface area contributed by atoms with Crippen molar-refractivity contribution in [3.05, 3.63) is 100 Å². The number of hydrogen-bond acceptors (Lipinski definition) is 4. The first-order valence-corrected chi connectivity index (χ1v) is 12.0. The lowest BCUT2D eigenvalue weighted by Gasteiger charge is -2.13. The van der Waals surface area contributed by atoms with Crippen LogP contribution in [-0.4, -0.2) is 11.9 Å². The smallest absolute Gasteiger partial charge is 0.247 e. The molecule has 0 saturated carbocycles. The van der Waals surface area contributed by atoms with Crippen LogP contribution in [0.1, 0.15) is 57.2 Å². The van der Waals surface area contributed by atoms with Gasteiger partial charge in [-0.25, -0.2) is 0 Å². The third kappa shape index (κ3) is 7.97. The summed E-state index contributed by atoms with van der Waals surface area (Å²) in [6.45, 7) is 7.88. The molecule has 3 rings (SSSR count). The summed E-state index contributed by atoms with van der Waals surface area (Å²) >= 11 is 0. The van der Waals surface area contributed by atoms with Crippen molar-refractivity contribution in [1.29, 1.82) is 5.26 Å². The number of nitriles is 1. The zero-order chi connectivity index (χ0) is 24.9. The largest absolute Gasteiger partial charge is 0.399 e. The minimum atomic E-state index is -0.104. The van der Waals surface area contributed by atoms with Crippen molar-refractivity contribution in [3.8, 4) is 6.07 Å². The summed E-state index contributed by atoms with van der Waals surface area (Å²) in [6.07, 6.45) is 9.17. The van der Waals surface area contributed by atoms with Crippen LogP contribution in [0.4, 0.5) is 5.69 Å². The van der Waals surface area contributed by atoms with Gasteiger partial charge in [-0.3, -0.25) is 4.79 Å². The maximum Gasteiger partial charge on any atom is 0.247 e. The Hall–Kier alpha value is -3.78. The topological polar surface area (TPSA) is 90.9 Å². The minimum Gasteiger partial charge on any atom is -0.399 e. The van der Waals surface area contributed by atoms with E-state index in [1.165, 1.54) is 11.1 Å². The minimum absolute atomic E-state index is 0.104. The molecule has 0 aromatic heterocycles. The Labute approximate surface area is 204 Å². The van der Waals surface area contributed by atoms with Gasteiger partial charge in [-0.2, -0.15) is 5.26 Å². The third-order valence-electron chi connectivity index (χ3n) is 5.38. The van der Waals surface area contributed by atoms with E-state index in [-0.39, 0.29) is 11.9 Å². The van der Waals surface area contributed by atoms with Crippen LogP contribution >= 0.6 is 0 Å². The van der Waals surface area contributed by atoms with Crippen LogP contribution in [0.2, 0.25) is 0 Å². The van der Waals surface area contributed by atoms with Crippen LogP contribution in [0.5, 0.6) is 0 Å². The van der Waals surface area contributed by atoms with Crippen LogP contribution in [-0.2, 0) is 17.6 Å². The number of carbonyl (C=O) groups is 1. The van der Waals surface area contributed by atoms with Crippen LogP contribution in [0, 0.1) is 11.3 Å². The maximum absolute atomic E-state index is 12.7. The molecule has 0 atom stereocenters.